The first-order chi connectivity index (χ1) is 5.29. The van der Waals surface area contributed by atoms with Crippen molar-refractivity contribution < 1.29 is 14.3 Å². The first kappa shape index (κ1) is 8.49. The number of nitrogens with one attached hydrogen (secondary N) is 1. The Morgan fingerprint density at radius 3 is 3.00 bits per heavy atom. The van der Waals surface area contributed by atoms with Gasteiger partial charge in [0.1, 0.15) is 0 Å². The summed E-state index contributed by atoms with van der Waals surface area (Å²) in [6, 6.07) is 0. The van der Waals surface area contributed by atoms with E-state index in [1.165, 1.54) is 0 Å². The van der Waals surface area contributed by atoms with Crippen molar-refractivity contribution in [1.29, 1.82) is 0 Å². The Hall–Kier alpha value is -0.610. The molecule has 1 rings (SSSR count). The molecular weight excluding hydrogens is 146 g/mol. The molecule has 1 saturated heterocycles. The van der Waals surface area contributed by atoms with Gasteiger partial charge in [-0.3, -0.25) is 4.79 Å². The molecule has 0 bridgehead atoms. The number of rotatable bonds is 2. The van der Waals surface area contributed by atoms with Gasteiger partial charge >= 0.3 is 0 Å². The van der Waals surface area contributed by atoms with E-state index in [0.717, 1.165) is 6.42 Å². The Labute approximate surface area is 65.9 Å². The summed E-state index contributed by atoms with van der Waals surface area (Å²) in [5.74, 6) is -0.139. The minimum atomic E-state index is -0.352. The molecule has 0 saturated carbocycles. The lowest BCUT2D eigenvalue weighted by atomic mass is 10.1. The van der Waals surface area contributed by atoms with E-state index in [-0.39, 0.29) is 18.1 Å². The third-order valence-corrected chi connectivity index (χ3v) is 1.85. The molecule has 0 aromatic heterocycles. The first-order valence-electron chi connectivity index (χ1n) is 3.65. The van der Waals surface area contributed by atoms with Gasteiger partial charge in [0.15, 0.2) is 6.29 Å². The van der Waals surface area contributed by atoms with Crippen molar-refractivity contribution in [2.24, 2.45) is 5.92 Å². The van der Waals surface area contributed by atoms with Gasteiger partial charge in [0, 0.05) is 14.2 Å². The third-order valence-electron chi connectivity index (χ3n) is 1.85. The second-order valence-electron chi connectivity index (χ2n) is 2.48. The lowest BCUT2D eigenvalue weighted by Crippen LogP contribution is -2.33. The summed E-state index contributed by atoms with van der Waals surface area (Å²) in [5.41, 5.74) is 0. The van der Waals surface area contributed by atoms with Gasteiger partial charge in [-0.25, -0.2) is 0 Å². The Kier molecular flexibility index (Phi) is 2.84. The van der Waals surface area contributed by atoms with Crippen LogP contribution in [0.1, 0.15) is 6.42 Å². The minimum absolute atomic E-state index is 0.00523. The molecule has 0 aliphatic carbocycles. The molecule has 0 radical (unpaired) electrons. The van der Waals surface area contributed by atoms with Crippen LogP contribution in [0.2, 0.25) is 0 Å². The molecule has 64 valence electrons. The van der Waals surface area contributed by atoms with Crippen LogP contribution in [0, 0.1) is 5.92 Å². The van der Waals surface area contributed by atoms with E-state index >= 15 is 0 Å². The molecule has 1 aliphatic heterocycles. The van der Waals surface area contributed by atoms with Gasteiger partial charge in [-0.05, 0) is 6.42 Å². The highest BCUT2D eigenvalue weighted by molar-refractivity contribution is 5.78. The average Bonchev–Trinajstić information content (AvgIpc) is 2.50. The van der Waals surface area contributed by atoms with Crippen molar-refractivity contribution in [3.63, 3.8) is 0 Å². The SMILES string of the molecule is CNC(=O)C1CCOC1OC. The van der Waals surface area contributed by atoms with Gasteiger partial charge in [0.25, 0.3) is 0 Å². The maximum atomic E-state index is 11.1. The number of amides is 1. The second kappa shape index (κ2) is 3.69. The molecule has 1 amide bonds. The summed E-state index contributed by atoms with van der Waals surface area (Å²) in [6.45, 7) is 0.608. The summed E-state index contributed by atoms with van der Waals surface area (Å²) in [4.78, 5) is 11.1. The molecule has 1 heterocycles. The molecule has 0 aromatic carbocycles. The summed E-state index contributed by atoms with van der Waals surface area (Å²) in [5, 5.41) is 2.57. The smallest absolute Gasteiger partial charge is 0.228 e. The van der Waals surface area contributed by atoms with Crippen molar-refractivity contribution in [3.8, 4) is 0 Å². The quantitative estimate of drug-likeness (QED) is 0.604. The highest BCUT2D eigenvalue weighted by Crippen LogP contribution is 2.20. The molecule has 2 atom stereocenters. The normalized spacial score (nSPS) is 30.4. The molecule has 0 aromatic rings. The van der Waals surface area contributed by atoms with Crippen LogP contribution in [0.5, 0.6) is 0 Å². The van der Waals surface area contributed by atoms with Gasteiger partial charge in [0.05, 0.1) is 12.5 Å². The molecule has 4 nitrogen and oxygen atoms in total. The number of carbonyl (C=O) groups excluding carboxylic acids is 1. The third kappa shape index (κ3) is 1.70. The first-order valence-corrected chi connectivity index (χ1v) is 3.65. The van der Waals surface area contributed by atoms with Crippen LogP contribution in [-0.2, 0) is 14.3 Å². The maximum absolute atomic E-state index is 11.1. The Morgan fingerprint density at radius 2 is 2.45 bits per heavy atom. The van der Waals surface area contributed by atoms with Crippen LogP contribution in [0.3, 0.4) is 0 Å². The lowest BCUT2D eigenvalue weighted by Gasteiger charge is -2.14. The van der Waals surface area contributed by atoms with Crippen molar-refractivity contribution in [2.75, 3.05) is 20.8 Å². The van der Waals surface area contributed by atoms with Gasteiger partial charge < -0.3 is 14.8 Å². The van der Waals surface area contributed by atoms with Crippen molar-refractivity contribution in [3.05, 3.63) is 0 Å². The number of hydrogen-bond donors (Lipinski definition) is 1. The molecule has 4 heteroatoms. The van der Waals surface area contributed by atoms with E-state index in [9.17, 15) is 4.79 Å². The van der Waals surface area contributed by atoms with Crippen LogP contribution in [0.4, 0.5) is 0 Å². The highest BCUT2D eigenvalue weighted by atomic mass is 16.7. The summed E-state index contributed by atoms with van der Waals surface area (Å²) >= 11 is 0. The monoisotopic (exact) mass is 159 g/mol. The fourth-order valence-corrected chi connectivity index (χ4v) is 1.24. The lowest BCUT2D eigenvalue weighted by molar-refractivity contribution is -0.142. The average molecular weight is 159 g/mol. The van der Waals surface area contributed by atoms with Crippen LogP contribution >= 0.6 is 0 Å². The maximum Gasteiger partial charge on any atom is 0.228 e. The summed E-state index contributed by atoms with van der Waals surface area (Å²) < 4.78 is 10.1. The summed E-state index contributed by atoms with van der Waals surface area (Å²) in [7, 11) is 3.17. The van der Waals surface area contributed by atoms with Gasteiger partial charge in [-0.15, -0.1) is 0 Å². The topological polar surface area (TPSA) is 47.6 Å². The van der Waals surface area contributed by atoms with E-state index in [2.05, 4.69) is 5.32 Å². The van der Waals surface area contributed by atoms with E-state index in [1.807, 2.05) is 0 Å². The number of carbonyl (C=O) groups is 1. The largest absolute Gasteiger partial charge is 0.359 e. The minimum Gasteiger partial charge on any atom is -0.359 e. The second-order valence-corrected chi connectivity index (χ2v) is 2.48. The van der Waals surface area contributed by atoms with Crippen molar-refractivity contribution in [2.45, 2.75) is 12.7 Å². The van der Waals surface area contributed by atoms with Gasteiger partial charge in [-0.2, -0.15) is 0 Å². The Morgan fingerprint density at radius 1 is 1.73 bits per heavy atom. The zero-order valence-electron chi connectivity index (χ0n) is 6.79. The van der Waals surface area contributed by atoms with E-state index in [1.54, 1.807) is 14.2 Å². The molecule has 1 fully saturated rings. The number of methoxy groups -OCH3 is 1. The molecule has 1 aliphatic rings. The van der Waals surface area contributed by atoms with E-state index in [4.69, 9.17) is 9.47 Å². The zero-order chi connectivity index (χ0) is 8.27. The van der Waals surface area contributed by atoms with Crippen LogP contribution in [-0.4, -0.2) is 33.0 Å². The van der Waals surface area contributed by atoms with Crippen LogP contribution < -0.4 is 5.32 Å². The van der Waals surface area contributed by atoms with Crippen LogP contribution in [0.25, 0.3) is 0 Å². The molecule has 11 heavy (non-hydrogen) atoms. The van der Waals surface area contributed by atoms with E-state index < -0.39 is 0 Å². The predicted molar refractivity (Wildman–Crippen MR) is 38.9 cm³/mol. The predicted octanol–water partition coefficient (Wildman–Crippen LogP) is -0.259. The number of hydrogen-bond acceptors (Lipinski definition) is 3. The standard InChI is InChI=1S/C7H13NO3/c1-8-6(9)5-3-4-11-7(5)10-2/h5,7H,3-4H2,1-2H3,(H,8,9). The van der Waals surface area contributed by atoms with Crippen molar-refractivity contribution in [1.82, 2.24) is 5.32 Å². The Bertz CT molecular complexity index is 149. The zero-order valence-corrected chi connectivity index (χ0v) is 6.79. The van der Waals surface area contributed by atoms with Gasteiger partial charge in [-0.1, -0.05) is 0 Å². The molecule has 0 spiro atoms. The molecular formula is C7H13NO3. The fourth-order valence-electron chi connectivity index (χ4n) is 1.24. The highest BCUT2D eigenvalue weighted by Gasteiger charge is 2.33. The van der Waals surface area contributed by atoms with Gasteiger partial charge in [0.2, 0.25) is 5.91 Å². The van der Waals surface area contributed by atoms with Crippen LogP contribution in [0.15, 0.2) is 0 Å². The summed E-state index contributed by atoms with van der Waals surface area (Å²) in [6.07, 6.45) is 0.396. The van der Waals surface area contributed by atoms with E-state index in [0.29, 0.717) is 6.61 Å². The van der Waals surface area contributed by atoms with Crippen molar-refractivity contribution >= 4 is 5.91 Å². The number of ether oxygens (including phenoxy) is 2. The molecule has 1 N–H and O–H groups in total. The Balaban J connectivity index is 2.49. The fraction of sp³-hybridized carbons (Fsp3) is 0.857. The molecule has 2 unspecified atom stereocenters.